The molecule has 0 fully saturated rings. The highest BCUT2D eigenvalue weighted by atomic mass is 16.5. The quantitative estimate of drug-likeness (QED) is 0.694. The van der Waals surface area contributed by atoms with Crippen LogP contribution in [-0.4, -0.2) is 25.7 Å². The zero-order chi connectivity index (χ0) is 16.1. The van der Waals surface area contributed by atoms with Crippen LogP contribution in [0.15, 0.2) is 66.7 Å². The lowest BCUT2D eigenvalue weighted by atomic mass is 9.88. The minimum absolute atomic E-state index is 0.0150. The average Bonchev–Trinajstić information content (AvgIpc) is 2.64. The van der Waals surface area contributed by atoms with Crippen LogP contribution in [-0.2, 0) is 9.53 Å². The van der Waals surface area contributed by atoms with Crippen LogP contribution in [0.1, 0.15) is 17.9 Å². The SMILES string of the molecule is COC(=O)[C@@H](c1ccc(-c2ccccc2)cc1)[C@H]1C=CCCN1. The second-order valence-corrected chi connectivity index (χ2v) is 5.69. The second-order valence-electron chi connectivity index (χ2n) is 5.69. The number of nitrogens with one attached hydrogen (secondary N) is 1. The van der Waals surface area contributed by atoms with Crippen LogP contribution in [0.5, 0.6) is 0 Å². The molecule has 0 aliphatic carbocycles. The Morgan fingerprint density at radius 3 is 2.39 bits per heavy atom. The molecule has 0 aromatic heterocycles. The highest BCUT2D eigenvalue weighted by Gasteiger charge is 2.29. The summed E-state index contributed by atoms with van der Waals surface area (Å²) >= 11 is 0. The highest BCUT2D eigenvalue weighted by Crippen LogP contribution is 2.27. The molecule has 3 rings (SSSR count). The van der Waals surface area contributed by atoms with Crippen LogP contribution >= 0.6 is 0 Å². The molecule has 3 nitrogen and oxygen atoms in total. The van der Waals surface area contributed by atoms with E-state index in [1.807, 2.05) is 30.3 Å². The van der Waals surface area contributed by atoms with Gasteiger partial charge < -0.3 is 10.1 Å². The van der Waals surface area contributed by atoms with Crippen molar-refractivity contribution in [1.82, 2.24) is 5.32 Å². The number of ether oxygens (including phenoxy) is 1. The first-order chi connectivity index (χ1) is 11.3. The molecule has 0 saturated carbocycles. The molecule has 1 heterocycles. The van der Waals surface area contributed by atoms with E-state index in [-0.39, 0.29) is 17.9 Å². The van der Waals surface area contributed by atoms with Gasteiger partial charge in [0.15, 0.2) is 0 Å². The summed E-state index contributed by atoms with van der Waals surface area (Å²) in [5.74, 6) is -0.525. The maximum absolute atomic E-state index is 12.3. The second kappa shape index (κ2) is 7.25. The topological polar surface area (TPSA) is 38.3 Å². The molecule has 2 aromatic carbocycles. The predicted octanol–water partition coefficient (Wildman–Crippen LogP) is 3.53. The molecule has 0 unspecified atom stereocenters. The fourth-order valence-electron chi connectivity index (χ4n) is 3.00. The summed E-state index contributed by atoms with van der Waals surface area (Å²) in [6.07, 6.45) is 5.18. The third-order valence-corrected chi connectivity index (χ3v) is 4.23. The van der Waals surface area contributed by atoms with E-state index in [0.717, 1.165) is 24.1 Å². The van der Waals surface area contributed by atoms with Gasteiger partial charge in [-0.25, -0.2) is 0 Å². The summed E-state index contributed by atoms with van der Waals surface area (Å²) in [5.41, 5.74) is 3.29. The number of carbonyl (C=O) groups is 1. The van der Waals surface area contributed by atoms with Crippen LogP contribution in [0.25, 0.3) is 11.1 Å². The van der Waals surface area contributed by atoms with E-state index in [1.165, 1.54) is 12.7 Å². The van der Waals surface area contributed by atoms with Crippen molar-refractivity contribution in [3.05, 3.63) is 72.3 Å². The Morgan fingerprint density at radius 1 is 1.09 bits per heavy atom. The first-order valence-corrected chi connectivity index (χ1v) is 7.93. The first-order valence-electron chi connectivity index (χ1n) is 7.93. The molecule has 0 radical (unpaired) electrons. The van der Waals surface area contributed by atoms with Crippen molar-refractivity contribution < 1.29 is 9.53 Å². The van der Waals surface area contributed by atoms with E-state index in [9.17, 15) is 4.79 Å². The van der Waals surface area contributed by atoms with E-state index in [1.54, 1.807) is 0 Å². The average molecular weight is 307 g/mol. The fourth-order valence-corrected chi connectivity index (χ4v) is 3.00. The normalized spacial score (nSPS) is 18.4. The van der Waals surface area contributed by atoms with Crippen molar-refractivity contribution in [1.29, 1.82) is 0 Å². The summed E-state index contributed by atoms with van der Waals surface area (Å²) in [6, 6.07) is 18.4. The minimum atomic E-state index is -0.318. The summed E-state index contributed by atoms with van der Waals surface area (Å²) in [4.78, 5) is 12.3. The molecule has 1 aliphatic heterocycles. The lowest BCUT2D eigenvalue weighted by molar-refractivity contribution is -0.142. The molecule has 2 aromatic rings. The van der Waals surface area contributed by atoms with Crippen molar-refractivity contribution in [3.8, 4) is 11.1 Å². The Labute approximate surface area is 137 Å². The number of benzene rings is 2. The van der Waals surface area contributed by atoms with E-state index < -0.39 is 0 Å². The lowest BCUT2D eigenvalue weighted by Gasteiger charge is -2.26. The van der Waals surface area contributed by atoms with E-state index in [0.29, 0.717) is 0 Å². The Kier molecular flexibility index (Phi) is 4.89. The smallest absolute Gasteiger partial charge is 0.315 e. The molecular weight excluding hydrogens is 286 g/mol. The van der Waals surface area contributed by atoms with Crippen molar-refractivity contribution in [2.24, 2.45) is 0 Å². The molecule has 1 N–H and O–H groups in total. The third-order valence-electron chi connectivity index (χ3n) is 4.23. The summed E-state index contributed by atoms with van der Waals surface area (Å²) in [5, 5.41) is 3.39. The number of methoxy groups -OCH3 is 1. The van der Waals surface area contributed by atoms with E-state index in [4.69, 9.17) is 4.74 Å². The van der Waals surface area contributed by atoms with Crippen molar-refractivity contribution in [2.45, 2.75) is 18.4 Å². The van der Waals surface area contributed by atoms with Gasteiger partial charge in [-0.15, -0.1) is 0 Å². The summed E-state index contributed by atoms with van der Waals surface area (Å²) in [7, 11) is 1.44. The molecule has 3 heteroatoms. The van der Waals surface area contributed by atoms with Crippen LogP contribution in [0.4, 0.5) is 0 Å². The largest absolute Gasteiger partial charge is 0.468 e. The molecule has 0 amide bonds. The van der Waals surface area contributed by atoms with Gasteiger partial charge in [-0.2, -0.15) is 0 Å². The number of esters is 1. The number of carbonyl (C=O) groups excluding carboxylic acids is 1. The van der Waals surface area contributed by atoms with Gasteiger partial charge in [-0.05, 0) is 29.7 Å². The Bertz CT molecular complexity index is 677. The van der Waals surface area contributed by atoms with Gasteiger partial charge in [0.05, 0.1) is 7.11 Å². The van der Waals surface area contributed by atoms with Gasteiger partial charge in [-0.3, -0.25) is 4.79 Å². The molecule has 0 saturated heterocycles. The molecular formula is C20H21NO2. The van der Waals surface area contributed by atoms with Crippen molar-refractivity contribution in [2.75, 3.05) is 13.7 Å². The third kappa shape index (κ3) is 3.51. The molecule has 23 heavy (non-hydrogen) atoms. The van der Waals surface area contributed by atoms with E-state index >= 15 is 0 Å². The van der Waals surface area contributed by atoms with Crippen LogP contribution in [0, 0.1) is 0 Å². The Balaban J connectivity index is 1.89. The maximum Gasteiger partial charge on any atom is 0.315 e. The molecule has 118 valence electrons. The van der Waals surface area contributed by atoms with Crippen LogP contribution in [0.3, 0.4) is 0 Å². The maximum atomic E-state index is 12.3. The number of hydrogen-bond donors (Lipinski definition) is 1. The van der Waals surface area contributed by atoms with Gasteiger partial charge in [0.2, 0.25) is 0 Å². The number of hydrogen-bond acceptors (Lipinski definition) is 3. The number of rotatable bonds is 4. The Hall–Kier alpha value is -2.39. The van der Waals surface area contributed by atoms with Crippen LogP contribution < -0.4 is 5.32 Å². The fraction of sp³-hybridized carbons (Fsp3) is 0.250. The van der Waals surface area contributed by atoms with Gasteiger partial charge in [0, 0.05) is 6.04 Å². The van der Waals surface area contributed by atoms with Crippen LogP contribution in [0.2, 0.25) is 0 Å². The van der Waals surface area contributed by atoms with Gasteiger partial charge >= 0.3 is 5.97 Å². The molecule has 2 atom stereocenters. The first kappa shape index (κ1) is 15.5. The highest BCUT2D eigenvalue weighted by molar-refractivity contribution is 5.80. The standard InChI is InChI=1S/C20H21NO2/c1-23-20(22)19(18-9-5-6-14-21-18)17-12-10-16(11-13-17)15-7-3-2-4-8-15/h2-5,7-13,18-19,21H,6,14H2,1H3/t18-,19+/m1/s1. The molecule has 1 aliphatic rings. The van der Waals surface area contributed by atoms with Gasteiger partial charge in [0.25, 0.3) is 0 Å². The monoisotopic (exact) mass is 307 g/mol. The lowest BCUT2D eigenvalue weighted by Crippen LogP contribution is -2.39. The summed E-state index contributed by atoms with van der Waals surface area (Å²) in [6.45, 7) is 0.886. The van der Waals surface area contributed by atoms with Gasteiger partial charge in [-0.1, -0.05) is 66.7 Å². The Morgan fingerprint density at radius 2 is 1.78 bits per heavy atom. The predicted molar refractivity (Wildman–Crippen MR) is 92.2 cm³/mol. The molecule has 0 bridgehead atoms. The zero-order valence-electron chi connectivity index (χ0n) is 13.2. The zero-order valence-corrected chi connectivity index (χ0v) is 13.2. The van der Waals surface area contributed by atoms with Crippen molar-refractivity contribution >= 4 is 5.97 Å². The van der Waals surface area contributed by atoms with Gasteiger partial charge in [0.1, 0.15) is 5.92 Å². The minimum Gasteiger partial charge on any atom is -0.468 e. The van der Waals surface area contributed by atoms with E-state index in [2.05, 4.69) is 41.7 Å². The molecule has 0 spiro atoms. The summed E-state index contributed by atoms with van der Waals surface area (Å²) < 4.78 is 5.02. The van der Waals surface area contributed by atoms with Crippen molar-refractivity contribution in [3.63, 3.8) is 0 Å².